The number of ether oxygens (including phenoxy) is 2. The van der Waals surface area contributed by atoms with E-state index in [0.717, 1.165) is 26.7 Å². The number of nitrogens with zero attached hydrogens (tertiary/aromatic N) is 1. The zero-order valence-corrected chi connectivity index (χ0v) is 19.1. The summed E-state index contributed by atoms with van der Waals surface area (Å²) in [5.41, 5.74) is 1.43. The highest BCUT2D eigenvalue weighted by atomic mass is 79.9. The minimum Gasteiger partial charge on any atom is -0.488 e. The minimum atomic E-state index is -0.632. The Balaban J connectivity index is 1.81. The molecule has 1 fully saturated rings. The van der Waals surface area contributed by atoms with E-state index >= 15 is 0 Å². The lowest BCUT2D eigenvalue weighted by Crippen LogP contribution is -2.34. The van der Waals surface area contributed by atoms with Crippen LogP contribution in [0.15, 0.2) is 51.8 Å². The van der Waals surface area contributed by atoms with E-state index in [9.17, 15) is 14.4 Å². The highest BCUT2D eigenvalue weighted by Crippen LogP contribution is 2.35. The molecule has 0 saturated carbocycles. The van der Waals surface area contributed by atoms with E-state index in [2.05, 4.69) is 15.9 Å². The summed E-state index contributed by atoms with van der Waals surface area (Å²) < 4.78 is 11.5. The van der Waals surface area contributed by atoms with Gasteiger partial charge in [0.1, 0.15) is 18.9 Å². The summed E-state index contributed by atoms with van der Waals surface area (Å²) in [7, 11) is 0. The molecule has 9 heteroatoms. The van der Waals surface area contributed by atoms with E-state index in [-0.39, 0.29) is 18.1 Å². The molecule has 2 aromatic carbocycles. The molecule has 0 bridgehead atoms. The lowest BCUT2D eigenvalue weighted by Gasteiger charge is -2.12. The lowest BCUT2D eigenvalue weighted by atomic mass is 10.1. The quantitative estimate of drug-likeness (QED) is 0.373. The number of halogens is 2. The molecule has 0 N–H and O–H groups in total. The van der Waals surface area contributed by atoms with Gasteiger partial charge in [-0.3, -0.25) is 19.3 Å². The molecule has 0 atom stereocenters. The van der Waals surface area contributed by atoms with Gasteiger partial charge in [0, 0.05) is 20.6 Å². The smallest absolute Gasteiger partial charge is 0.326 e. The molecule has 30 heavy (non-hydrogen) atoms. The Morgan fingerprint density at radius 2 is 2.00 bits per heavy atom. The van der Waals surface area contributed by atoms with Crippen molar-refractivity contribution < 1.29 is 23.9 Å². The van der Waals surface area contributed by atoms with Crippen molar-refractivity contribution in [1.29, 1.82) is 0 Å². The number of hydrogen-bond donors (Lipinski definition) is 0. The van der Waals surface area contributed by atoms with Gasteiger partial charge in [0.2, 0.25) is 0 Å². The van der Waals surface area contributed by atoms with E-state index in [1.807, 2.05) is 24.3 Å². The van der Waals surface area contributed by atoms with Crippen LogP contribution in [0.5, 0.6) is 5.75 Å². The van der Waals surface area contributed by atoms with Crippen LogP contribution in [0.25, 0.3) is 6.08 Å². The molecule has 3 rings (SSSR count). The molecule has 0 radical (unpaired) electrons. The molecule has 6 nitrogen and oxygen atoms in total. The average molecular weight is 511 g/mol. The molecule has 0 spiro atoms. The number of carbonyl (C=O) groups excluding carboxylic acids is 3. The number of imide groups is 1. The van der Waals surface area contributed by atoms with Gasteiger partial charge in [0.25, 0.3) is 11.1 Å². The molecule has 156 valence electrons. The number of thioether (sulfide) groups is 1. The van der Waals surface area contributed by atoms with Crippen LogP contribution < -0.4 is 4.74 Å². The predicted octanol–water partition coefficient (Wildman–Crippen LogP) is 5.28. The van der Waals surface area contributed by atoms with Crippen molar-refractivity contribution in [1.82, 2.24) is 4.90 Å². The van der Waals surface area contributed by atoms with Crippen LogP contribution in [-0.4, -0.2) is 35.2 Å². The third-order valence-electron chi connectivity index (χ3n) is 4.07. The van der Waals surface area contributed by atoms with Crippen LogP contribution in [0.3, 0.4) is 0 Å². The van der Waals surface area contributed by atoms with Crippen LogP contribution in [0.1, 0.15) is 18.1 Å². The van der Waals surface area contributed by atoms with Gasteiger partial charge in [-0.05, 0) is 49.0 Å². The summed E-state index contributed by atoms with van der Waals surface area (Å²) in [6, 6.07) is 12.7. The van der Waals surface area contributed by atoms with Crippen molar-refractivity contribution in [3.8, 4) is 5.75 Å². The lowest BCUT2D eigenvalue weighted by molar-refractivity contribution is -0.145. The zero-order valence-electron chi connectivity index (χ0n) is 15.9. The van der Waals surface area contributed by atoms with Gasteiger partial charge in [-0.1, -0.05) is 45.7 Å². The second kappa shape index (κ2) is 10.1. The van der Waals surface area contributed by atoms with Crippen LogP contribution >= 0.6 is 39.3 Å². The molecule has 1 heterocycles. The molecular weight excluding hydrogens is 494 g/mol. The van der Waals surface area contributed by atoms with E-state index in [1.54, 1.807) is 31.2 Å². The SMILES string of the molecule is CCOC(=O)CN1C(=O)S/C(=C\c2cc(Br)ccc2OCc2ccccc2Cl)C1=O. The van der Waals surface area contributed by atoms with Crippen molar-refractivity contribution >= 4 is 62.5 Å². The molecule has 2 amide bonds. The van der Waals surface area contributed by atoms with Gasteiger partial charge in [-0.15, -0.1) is 0 Å². The van der Waals surface area contributed by atoms with Crippen LogP contribution in [0.4, 0.5) is 4.79 Å². The summed E-state index contributed by atoms with van der Waals surface area (Å²) in [4.78, 5) is 37.5. The van der Waals surface area contributed by atoms with Crippen molar-refractivity contribution in [2.45, 2.75) is 13.5 Å². The van der Waals surface area contributed by atoms with Crippen LogP contribution in [-0.2, 0) is 20.9 Å². The fourth-order valence-electron chi connectivity index (χ4n) is 2.65. The molecule has 0 aromatic heterocycles. The second-order valence-electron chi connectivity index (χ2n) is 6.14. The maximum atomic E-state index is 12.6. The number of carbonyl (C=O) groups is 3. The van der Waals surface area contributed by atoms with Gasteiger partial charge >= 0.3 is 5.97 Å². The summed E-state index contributed by atoms with van der Waals surface area (Å²) in [5.74, 6) is -0.655. The van der Waals surface area contributed by atoms with Crippen molar-refractivity contribution in [3.63, 3.8) is 0 Å². The van der Waals surface area contributed by atoms with Crippen molar-refractivity contribution in [3.05, 3.63) is 68.0 Å². The van der Waals surface area contributed by atoms with E-state index in [4.69, 9.17) is 21.1 Å². The first-order valence-corrected chi connectivity index (χ1v) is 10.9. The average Bonchev–Trinajstić information content (AvgIpc) is 2.96. The molecule has 0 unspecified atom stereocenters. The van der Waals surface area contributed by atoms with Crippen molar-refractivity contribution in [2.24, 2.45) is 0 Å². The Morgan fingerprint density at radius 1 is 1.23 bits per heavy atom. The highest BCUT2D eigenvalue weighted by molar-refractivity contribution is 9.10. The topological polar surface area (TPSA) is 72.9 Å². The number of hydrogen-bond acceptors (Lipinski definition) is 6. The van der Waals surface area contributed by atoms with Gasteiger partial charge in [0.15, 0.2) is 0 Å². The molecule has 1 aliphatic heterocycles. The monoisotopic (exact) mass is 509 g/mol. The zero-order chi connectivity index (χ0) is 21.7. The fraction of sp³-hybridized carbons (Fsp3) is 0.190. The van der Waals surface area contributed by atoms with Crippen molar-refractivity contribution in [2.75, 3.05) is 13.2 Å². The molecular formula is C21H17BrClNO5S. The first-order chi connectivity index (χ1) is 14.4. The molecule has 1 saturated heterocycles. The Bertz CT molecular complexity index is 1030. The third-order valence-corrected chi connectivity index (χ3v) is 5.83. The molecule has 2 aromatic rings. The predicted molar refractivity (Wildman–Crippen MR) is 119 cm³/mol. The first-order valence-electron chi connectivity index (χ1n) is 8.95. The molecule has 0 aliphatic carbocycles. The van der Waals surface area contributed by atoms with E-state index in [1.165, 1.54) is 0 Å². The van der Waals surface area contributed by atoms with Gasteiger partial charge in [0.05, 0.1) is 11.5 Å². The van der Waals surface area contributed by atoms with Crippen LogP contribution in [0, 0.1) is 0 Å². The van der Waals surface area contributed by atoms with Gasteiger partial charge < -0.3 is 9.47 Å². The minimum absolute atomic E-state index is 0.176. The Labute approximate surface area is 191 Å². The third kappa shape index (κ3) is 5.44. The normalized spacial score (nSPS) is 15.0. The number of amides is 2. The number of esters is 1. The summed E-state index contributed by atoms with van der Waals surface area (Å²) in [6.07, 6.45) is 1.57. The Kier molecular flexibility index (Phi) is 7.58. The summed E-state index contributed by atoms with van der Waals surface area (Å²) in [6.45, 7) is 1.66. The van der Waals surface area contributed by atoms with Gasteiger partial charge in [-0.25, -0.2) is 0 Å². The second-order valence-corrected chi connectivity index (χ2v) is 8.45. The summed E-state index contributed by atoms with van der Waals surface area (Å²) in [5, 5.41) is 0.0732. The Hall–Kier alpha value is -2.29. The number of rotatable bonds is 7. The largest absolute Gasteiger partial charge is 0.488 e. The standard InChI is InChI=1S/C21H17BrClNO5S/c1-2-28-19(25)11-24-20(26)18(30-21(24)27)10-14-9-15(22)7-8-17(14)29-12-13-5-3-4-6-16(13)23/h3-10H,2,11-12H2,1H3/b18-10-. The maximum absolute atomic E-state index is 12.6. The van der Waals surface area contributed by atoms with E-state index < -0.39 is 23.7 Å². The maximum Gasteiger partial charge on any atom is 0.326 e. The molecule has 1 aliphatic rings. The first kappa shape index (κ1) is 22.4. The Morgan fingerprint density at radius 3 is 2.73 bits per heavy atom. The summed E-state index contributed by atoms with van der Waals surface area (Å²) >= 11 is 10.4. The van der Waals surface area contributed by atoms with Gasteiger partial charge in [-0.2, -0.15) is 0 Å². The number of benzene rings is 2. The fourth-order valence-corrected chi connectivity index (χ4v) is 4.05. The highest BCUT2D eigenvalue weighted by Gasteiger charge is 2.36. The van der Waals surface area contributed by atoms with E-state index in [0.29, 0.717) is 16.3 Å². The van der Waals surface area contributed by atoms with Crippen LogP contribution in [0.2, 0.25) is 5.02 Å².